The van der Waals surface area contributed by atoms with Crippen LogP contribution in [0.1, 0.15) is 78.6 Å². The van der Waals surface area contributed by atoms with Gasteiger partial charge in [-0.25, -0.2) is 0 Å². The van der Waals surface area contributed by atoms with Gasteiger partial charge in [0.1, 0.15) is 11.6 Å². The third-order valence-electron chi connectivity index (χ3n) is 9.96. The van der Waals surface area contributed by atoms with Crippen LogP contribution in [0.3, 0.4) is 0 Å². The molecule has 3 unspecified atom stereocenters. The number of hydrogen-bond donors (Lipinski definition) is 2. The summed E-state index contributed by atoms with van der Waals surface area (Å²) in [4.78, 5) is 36.4. The summed E-state index contributed by atoms with van der Waals surface area (Å²) in [6.45, 7) is 6.55. The minimum Gasteiger partial charge on any atom is -0.481 e. The van der Waals surface area contributed by atoms with E-state index in [9.17, 15) is 19.5 Å². The molecule has 0 bridgehead atoms. The van der Waals surface area contributed by atoms with E-state index >= 15 is 0 Å². The van der Waals surface area contributed by atoms with Gasteiger partial charge in [0.25, 0.3) is 0 Å². The highest BCUT2D eigenvalue weighted by Crippen LogP contribution is 2.67. The van der Waals surface area contributed by atoms with E-state index in [0.29, 0.717) is 37.9 Å². The fourth-order valence-electron chi connectivity index (χ4n) is 8.21. The van der Waals surface area contributed by atoms with Crippen molar-refractivity contribution in [2.45, 2.75) is 84.7 Å². The first-order valence-electron chi connectivity index (χ1n) is 11.5. The van der Waals surface area contributed by atoms with Crippen molar-refractivity contribution in [1.82, 2.24) is 0 Å². The van der Waals surface area contributed by atoms with Gasteiger partial charge >= 0.3 is 5.97 Å². The highest BCUT2D eigenvalue weighted by molar-refractivity contribution is 5.86. The van der Waals surface area contributed by atoms with Crippen LogP contribution >= 0.6 is 0 Å². The van der Waals surface area contributed by atoms with E-state index in [0.717, 1.165) is 19.3 Å². The quantitative estimate of drug-likeness (QED) is 0.742. The maximum Gasteiger partial charge on any atom is 0.303 e. The van der Waals surface area contributed by atoms with Gasteiger partial charge in [0.15, 0.2) is 0 Å². The summed E-state index contributed by atoms with van der Waals surface area (Å²) in [5.41, 5.74) is -0.343. The molecule has 4 rings (SSSR count). The van der Waals surface area contributed by atoms with Gasteiger partial charge in [0.05, 0.1) is 6.10 Å². The molecule has 0 amide bonds. The van der Waals surface area contributed by atoms with Gasteiger partial charge in [-0.05, 0) is 67.1 Å². The monoisotopic (exact) mass is 404 g/mol. The van der Waals surface area contributed by atoms with Gasteiger partial charge in [-0.2, -0.15) is 0 Å². The van der Waals surface area contributed by atoms with Crippen molar-refractivity contribution >= 4 is 17.5 Å². The molecule has 162 valence electrons. The van der Waals surface area contributed by atoms with Crippen molar-refractivity contribution < 1.29 is 24.6 Å². The van der Waals surface area contributed by atoms with Gasteiger partial charge in [0, 0.05) is 37.0 Å². The molecule has 0 aromatic carbocycles. The molecule has 5 heteroatoms. The first kappa shape index (κ1) is 21.0. The molecular weight excluding hydrogens is 368 g/mol. The highest BCUT2D eigenvalue weighted by Gasteiger charge is 2.65. The molecular formula is C24H36O5. The second-order valence-corrected chi connectivity index (χ2v) is 11.1. The molecule has 4 aliphatic rings. The number of aliphatic hydroxyl groups is 1. The Kier molecular flexibility index (Phi) is 5.20. The number of aliphatic hydroxyl groups excluding tert-OH is 1. The number of Topliss-reactive ketones (excluding diaryl/α,β-unsaturated/α-hetero) is 2. The molecule has 5 nitrogen and oxygen atoms in total. The van der Waals surface area contributed by atoms with Crippen molar-refractivity contribution in [3.05, 3.63) is 0 Å². The number of rotatable bonds is 4. The summed E-state index contributed by atoms with van der Waals surface area (Å²) in [6, 6.07) is 0. The van der Waals surface area contributed by atoms with Gasteiger partial charge in [0.2, 0.25) is 0 Å². The first-order valence-corrected chi connectivity index (χ1v) is 11.5. The average molecular weight is 405 g/mol. The highest BCUT2D eigenvalue weighted by atomic mass is 16.4. The minimum absolute atomic E-state index is 0.00507. The summed E-state index contributed by atoms with van der Waals surface area (Å²) >= 11 is 0. The topological polar surface area (TPSA) is 91.7 Å². The SMILES string of the molecule is CC(CCC(=O)O)C1CC[C@H]2[C@@H]3C(=O)C[C@@H]4CC(=O)CC[C@]4(C)[C@H]3CC(O)[C@]12C. The molecule has 0 aliphatic heterocycles. The molecule has 2 N–H and O–H groups in total. The van der Waals surface area contributed by atoms with Crippen LogP contribution in [0.25, 0.3) is 0 Å². The molecule has 0 spiro atoms. The van der Waals surface area contributed by atoms with Crippen LogP contribution in [0.4, 0.5) is 0 Å². The van der Waals surface area contributed by atoms with E-state index < -0.39 is 12.1 Å². The number of carbonyl (C=O) groups is 3. The maximum absolute atomic E-state index is 13.3. The number of carboxylic acids is 1. The lowest BCUT2D eigenvalue weighted by atomic mass is 9.43. The summed E-state index contributed by atoms with van der Waals surface area (Å²) in [7, 11) is 0. The second-order valence-electron chi connectivity index (χ2n) is 11.1. The van der Waals surface area contributed by atoms with E-state index in [1.54, 1.807) is 0 Å². The van der Waals surface area contributed by atoms with E-state index in [1.165, 1.54) is 0 Å². The fraction of sp³-hybridized carbons (Fsp3) is 0.875. The van der Waals surface area contributed by atoms with Crippen molar-refractivity contribution in [1.29, 1.82) is 0 Å². The molecule has 0 radical (unpaired) electrons. The third kappa shape index (κ3) is 3.10. The van der Waals surface area contributed by atoms with E-state index in [2.05, 4.69) is 20.8 Å². The normalized spacial score (nSPS) is 47.9. The van der Waals surface area contributed by atoms with Crippen LogP contribution in [-0.4, -0.2) is 33.9 Å². The number of fused-ring (bicyclic) bond motifs is 5. The molecule has 0 saturated heterocycles. The fourth-order valence-corrected chi connectivity index (χ4v) is 8.21. The number of ketones is 2. The molecule has 4 fully saturated rings. The average Bonchev–Trinajstić information content (AvgIpc) is 3.01. The predicted octanol–water partition coefficient (Wildman–Crippen LogP) is 3.87. The predicted molar refractivity (Wildman–Crippen MR) is 108 cm³/mol. The Morgan fingerprint density at radius 3 is 2.59 bits per heavy atom. The van der Waals surface area contributed by atoms with Crippen LogP contribution in [0.2, 0.25) is 0 Å². The maximum atomic E-state index is 13.3. The minimum atomic E-state index is -0.769. The van der Waals surface area contributed by atoms with Crippen molar-refractivity contribution in [2.75, 3.05) is 0 Å². The smallest absolute Gasteiger partial charge is 0.303 e. The molecule has 9 atom stereocenters. The summed E-state index contributed by atoms with van der Waals surface area (Å²) in [5.74, 6) is 0.793. The molecule has 0 aromatic rings. The van der Waals surface area contributed by atoms with Crippen LogP contribution < -0.4 is 0 Å². The van der Waals surface area contributed by atoms with Crippen molar-refractivity contribution in [3.8, 4) is 0 Å². The number of hydrogen-bond acceptors (Lipinski definition) is 4. The summed E-state index contributed by atoms with van der Waals surface area (Å²) in [6.07, 6.45) is 5.38. The van der Waals surface area contributed by atoms with Gasteiger partial charge in [-0.3, -0.25) is 14.4 Å². The standard InChI is InChI=1S/C24H36O5/c1-13(4-7-21(28)29)16-5-6-17-22-18(12-20(27)24(16,17)3)23(2)9-8-15(25)10-14(23)11-19(22)26/h13-14,16-18,20,22,27H,4-12H2,1-3H3,(H,28,29)/t13?,14-,16?,17-,18-,20?,22-,23-,24+/m0/s1. The lowest BCUT2D eigenvalue weighted by Gasteiger charge is -2.61. The number of carboxylic acid groups (broad SMARTS) is 1. The Bertz CT molecular complexity index is 716. The molecule has 4 saturated carbocycles. The molecule has 4 aliphatic carbocycles. The van der Waals surface area contributed by atoms with E-state index in [1.807, 2.05) is 0 Å². The zero-order valence-electron chi connectivity index (χ0n) is 18.0. The third-order valence-corrected chi connectivity index (χ3v) is 9.96. The zero-order valence-corrected chi connectivity index (χ0v) is 18.0. The molecule has 0 aromatic heterocycles. The Hall–Kier alpha value is -1.23. The Balaban J connectivity index is 1.62. The number of carbonyl (C=O) groups excluding carboxylic acids is 2. The Labute approximate surface area is 173 Å². The largest absolute Gasteiger partial charge is 0.481 e. The second kappa shape index (κ2) is 7.18. The summed E-state index contributed by atoms with van der Waals surface area (Å²) < 4.78 is 0. The summed E-state index contributed by atoms with van der Waals surface area (Å²) in [5, 5.41) is 20.5. The van der Waals surface area contributed by atoms with Crippen LogP contribution in [0.5, 0.6) is 0 Å². The van der Waals surface area contributed by atoms with Gasteiger partial charge in [-0.1, -0.05) is 20.8 Å². The number of aliphatic carboxylic acids is 1. The van der Waals surface area contributed by atoms with E-state index in [-0.39, 0.29) is 58.5 Å². The Morgan fingerprint density at radius 2 is 1.90 bits per heavy atom. The molecule has 29 heavy (non-hydrogen) atoms. The lowest BCUT2D eigenvalue weighted by Crippen LogP contribution is -2.61. The van der Waals surface area contributed by atoms with Gasteiger partial charge < -0.3 is 10.2 Å². The first-order chi connectivity index (χ1) is 13.6. The van der Waals surface area contributed by atoms with Crippen LogP contribution in [-0.2, 0) is 14.4 Å². The van der Waals surface area contributed by atoms with E-state index in [4.69, 9.17) is 5.11 Å². The lowest BCUT2D eigenvalue weighted by molar-refractivity contribution is -0.178. The zero-order chi connectivity index (χ0) is 21.1. The van der Waals surface area contributed by atoms with Crippen molar-refractivity contribution in [3.63, 3.8) is 0 Å². The molecule has 0 heterocycles. The van der Waals surface area contributed by atoms with Crippen LogP contribution in [0, 0.1) is 46.3 Å². The van der Waals surface area contributed by atoms with Crippen LogP contribution in [0.15, 0.2) is 0 Å². The van der Waals surface area contributed by atoms with Crippen molar-refractivity contribution in [2.24, 2.45) is 46.3 Å². The van der Waals surface area contributed by atoms with Gasteiger partial charge in [-0.15, -0.1) is 0 Å². The Morgan fingerprint density at radius 1 is 1.17 bits per heavy atom.